The molecule has 0 radical (unpaired) electrons. The maximum atomic E-state index is 12.1. The minimum absolute atomic E-state index is 0.0934. The lowest BCUT2D eigenvalue weighted by atomic mass is 10.1. The highest BCUT2D eigenvalue weighted by Gasteiger charge is 2.16. The predicted octanol–water partition coefficient (Wildman–Crippen LogP) is 1.67. The van der Waals surface area contributed by atoms with Crippen LogP contribution in [0.4, 0.5) is 5.69 Å². The summed E-state index contributed by atoms with van der Waals surface area (Å²) in [5.74, 6) is -0.199. The van der Waals surface area contributed by atoms with Crippen molar-refractivity contribution in [2.45, 2.75) is 6.92 Å². The standard InChI is InChI=1S/C14H18N2O3/c1-10(17)11(9-16(2)3)14(18)15-12-7-5-6-8-13(12)19-4/h5-9H,1-4H3,(H,15,18). The quantitative estimate of drug-likeness (QED) is 0.498. The summed E-state index contributed by atoms with van der Waals surface area (Å²) < 4.78 is 5.14. The number of carbonyl (C=O) groups excluding carboxylic acids is 2. The summed E-state index contributed by atoms with van der Waals surface area (Å²) in [6.07, 6.45) is 1.49. The van der Waals surface area contributed by atoms with Crippen LogP contribution < -0.4 is 10.1 Å². The number of para-hydroxylation sites is 2. The number of anilines is 1. The topological polar surface area (TPSA) is 58.6 Å². The van der Waals surface area contributed by atoms with E-state index in [0.29, 0.717) is 11.4 Å². The summed E-state index contributed by atoms with van der Waals surface area (Å²) in [6.45, 7) is 1.36. The van der Waals surface area contributed by atoms with Crippen LogP contribution in [-0.4, -0.2) is 37.8 Å². The number of amides is 1. The van der Waals surface area contributed by atoms with Crippen molar-refractivity contribution in [3.63, 3.8) is 0 Å². The Morgan fingerprint density at radius 1 is 1.26 bits per heavy atom. The van der Waals surface area contributed by atoms with Gasteiger partial charge in [0.2, 0.25) is 0 Å². The summed E-state index contributed by atoms with van der Waals surface area (Å²) in [4.78, 5) is 25.2. The molecule has 1 N–H and O–H groups in total. The van der Waals surface area contributed by atoms with E-state index in [0.717, 1.165) is 0 Å². The number of hydrogen-bond donors (Lipinski definition) is 1. The molecule has 0 atom stereocenters. The molecule has 19 heavy (non-hydrogen) atoms. The third-order valence-electron chi connectivity index (χ3n) is 2.37. The molecule has 0 saturated carbocycles. The van der Waals surface area contributed by atoms with Gasteiger partial charge in [-0.05, 0) is 19.1 Å². The van der Waals surface area contributed by atoms with Crippen LogP contribution in [0.15, 0.2) is 36.0 Å². The average Bonchev–Trinajstić information content (AvgIpc) is 2.36. The molecule has 5 nitrogen and oxygen atoms in total. The van der Waals surface area contributed by atoms with E-state index in [1.807, 2.05) is 0 Å². The molecule has 0 bridgehead atoms. The van der Waals surface area contributed by atoms with Crippen molar-refractivity contribution < 1.29 is 14.3 Å². The molecule has 1 aromatic rings. The van der Waals surface area contributed by atoms with Crippen molar-refractivity contribution >= 4 is 17.4 Å². The number of methoxy groups -OCH3 is 1. The van der Waals surface area contributed by atoms with Crippen molar-refractivity contribution in [3.8, 4) is 5.75 Å². The number of benzene rings is 1. The highest BCUT2D eigenvalue weighted by molar-refractivity contribution is 6.22. The van der Waals surface area contributed by atoms with E-state index in [-0.39, 0.29) is 11.4 Å². The first-order chi connectivity index (χ1) is 8.95. The first kappa shape index (κ1) is 14.8. The van der Waals surface area contributed by atoms with Gasteiger partial charge in [-0.2, -0.15) is 0 Å². The SMILES string of the molecule is COc1ccccc1NC(=O)C(=CN(C)C)C(C)=O. The fraction of sp³-hybridized carbons (Fsp3) is 0.286. The zero-order valence-electron chi connectivity index (χ0n) is 11.6. The second kappa shape index (κ2) is 6.58. The fourth-order valence-electron chi connectivity index (χ4n) is 1.51. The molecule has 0 saturated heterocycles. The molecule has 0 fully saturated rings. The molecule has 0 spiro atoms. The Labute approximate surface area is 112 Å². The maximum absolute atomic E-state index is 12.1. The number of hydrogen-bond acceptors (Lipinski definition) is 4. The Bertz CT molecular complexity index is 507. The van der Waals surface area contributed by atoms with Crippen LogP contribution in [0.3, 0.4) is 0 Å². The molecule has 0 aliphatic rings. The van der Waals surface area contributed by atoms with E-state index in [1.54, 1.807) is 43.3 Å². The lowest BCUT2D eigenvalue weighted by molar-refractivity contribution is -0.119. The number of ketones is 1. The van der Waals surface area contributed by atoms with E-state index < -0.39 is 5.91 Å². The Morgan fingerprint density at radius 3 is 2.42 bits per heavy atom. The molecule has 0 heterocycles. The first-order valence-electron chi connectivity index (χ1n) is 5.79. The Kier molecular flexibility index (Phi) is 5.11. The number of ether oxygens (including phenoxy) is 1. The van der Waals surface area contributed by atoms with Crippen LogP contribution in [0.5, 0.6) is 5.75 Å². The van der Waals surface area contributed by atoms with Crippen molar-refractivity contribution in [3.05, 3.63) is 36.0 Å². The summed E-state index contributed by atoms with van der Waals surface area (Å²) in [5, 5.41) is 2.67. The normalized spacial score (nSPS) is 10.8. The molecule has 1 rings (SSSR count). The summed E-state index contributed by atoms with van der Waals surface area (Å²) >= 11 is 0. The largest absolute Gasteiger partial charge is 0.495 e. The highest BCUT2D eigenvalue weighted by Crippen LogP contribution is 2.23. The predicted molar refractivity (Wildman–Crippen MR) is 74.1 cm³/mol. The zero-order chi connectivity index (χ0) is 14.4. The number of nitrogens with one attached hydrogen (secondary N) is 1. The number of nitrogens with zero attached hydrogens (tertiary/aromatic N) is 1. The minimum atomic E-state index is -0.453. The van der Waals surface area contributed by atoms with Gasteiger partial charge in [-0.3, -0.25) is 9.59 Å². The van der Waals surface area contributed by atoms with Gasteiger partial charge in [0, 0.05) is 20.3 Å². The van der Waals surface area contributed by atoms with Crippen molar-refractivity contribution in [1.82, 2.24) is 4.90 Å². The van der Waals surface area contributed by atoms with Gasteiger partial charge >= 0.3 is 0 Å². The number of carbonyl (C=O) groups is 2. The highest BCUT2D eigenvalue weighted by atomic mass is 16.5. The molecule has 0 unspecified atom stereocenters. The zero-order valence-corrected chi connectivity index (χ0v) is 11.6. The summed E-state index contributed by atoms with van der Waals surface area (Å²) in [5.41, 5.74) is 0.622. The Morgan fingerprint density at radius 2 is 1.89 bits per heavy atom. The van der Waals surface area contributed by atoms with Gasteiger partial charge in [0.05, 0.1) is 18.4 Å². The van der Waals surface area contributed by atoms with Gasteiger partial charge in [0.1, 0.15) is 5.75 Å². The number of Topliss-reactive ketones (excluding diaryl/α,β-unsaturated/α-hetero) is 1. The average molecular weight is 262 g/mol. The van der Waals surface area contributed by atoms with Crippen molar-refractivity contribution in [2.24, 2.45) is 0 Å². The molecule has 0 aliphatic carbocycles. The third kappa shape index (κ3) is 4.13. The molecular formula is C14H18N2O3. The van der Waals surface area contributed by atoms with Gasteiger partial charge in [0.25, 0.3) is 5.91 Å². The van der Waals surface area contributed by atoms with Gasteiger partial charge in [0.15, 0.2) is 5.78 Å². The molecule has 0 aliphatic heterocycles. The van der Waals surface area contributed by atoms with E-state index in [1.165, 1.54) is 20.2 Å². The fourth-order valence-corrected chi connectivity index (χ4v) is 1.51. The molecular weight excluding hydrogens is 244 g/mol. The van der Waals surface area contributed by atoms with Crippen LogP contribution in [0, 0.1) is 0 Å². The molecule has 1 aromatic carbocycles. The van der Waals surface area contributed by atoms with Gasteiger partial charge in [-0.15, -0.1) is 0 Å². The van der Waals surface area contributed by atoms with Gasteiger partial charge in [-0.1, -0.05) is 12.1 Å². The van der Waals surface area contributed by atoms with Crippen LogP contribution in [0.2, 0.25) is 0 Å². The molecule has 1 amide bonds. The minimum Gasteiger partial charge on any atom is -0.495 e. The third-order valence-corrected chi connectivity index (χ3v) is 2.37. The monoisotopic (exact) mass is 262 g/mol. The lowest BCUT2D eigenvalue weighted by Crippen LogP contribution is -2.21. The van der Waals surface area contributed by atoms with Crippen LogP contribution in [0.1, 0.15) is 6.92 Å². The van der Waals surface area contributed by atoms with Gasteiger partial charge < -0.3 is 15.0 Å². The van der Waals surface area contributed by atoms with Crippen LogP contribution in [-0.2, 0) is 9.59 Å². The Hall–Kier alpha value is -2.30. The van der Waals surface area contributed by atoms with Crippen LogP contribution in [0.25, 0.3) is 0 Å². The first-order valence-corrected chi connectivity index (χ1v) is 5.79. The van der Waals surface area contributed by atoms with E-state index >= 15 is 0 Å². The Balaban J connectivity index is 2.97. The molecule has 0 aromatic heterocycles. The molecule has 102 valence electrons. The summed E-state index contributed by atoms with van der Waals surface area (Å²) in [6, 6.07) is 7.03. The lowest BCUT2D eigenvalue weighted by Gasteiger charge is -2.12. The van der Waals surface area contributed by atoms with Crippen molar-refractivity contribution in [2.75, 3.05) is 26.5 Å². The number of rotatable bonds is 5. The van der Waals surface area contributed by atoms with E-state index in [2.05, 4.69) is 5.32 Å². The van der Waals surface area contributed by atoms with Crippen LogP contribution >= 0.6 is 0 Å². The maximum Gasteiger partial charge on any atom is 0.260 e. The van der Waals surface area contributed by atoms with E-state index in [9.17, 15) is 9.59 Å². The van der Waals surface area contributed by atoms with Crippen molar-refractivity contribution in [1.29, 1.82) is 0 Å². The van der Waals surface area contributed by atoms with E-state index in [4.69, 9.17) is 4.74 Å². The smallest absolute Gasteiger partial charge is 0.260 e. The second-order valence-corrected chi connectivity index (χ2v) is 4.22. The summed E-state index contributed by atoms with van der Waals surface area (Å²) in [7, 11) is 5.02. The second-order valence-electron chi connectivity index (χ2n) is 4.22. The molecule has 5 heteroatoms. The van der Waals surface area contributed by atoms with Gasteiger partial charge in [-0.25, -0.2) is 0 Å².